The molecule has 0 aromatic rings. The molecule has 0 aromatic carbocycles. The van der Waals surface area contributed by atoms with E-state index in [9.17, 15) is 19.2 Å². The second-order valence-electron chi connectivity index (χ2n) is 15.4. The minimum absolute atomic E-state index is 0. The Balaban J connectivity index is -0.0000000296. The average molecular weight is 2060 g/mol. The molecule has 552 valence electrons. The monoisotopic (exact) mass is 2060 g/mol. The van der Waals surface area contributed by atoms with Crippen LogP contribution in [0.5, 0.6) is 0 Å². The van der Waals surface area contributed by atoms with E-state index in [1.165, 1.54) is 25.7 Å². The van der Waals surface area contributed by atoms with E-state index in [1.54, 1.807) is 99.4 Å². The molecule has 20 nitrogen and oxygen atoms in total. The molecule has 28 heteroatoms. The van der Waals surface area contributed by atoms with E-state index < -0.39 is 0 Å². The van der Waals surface area contributed by atoms with Crippen LogP contribution < -0.4 is 0 Å². The van der Waals surface area contributed by atoms with Gasteiger partial charge in [-0.3, -0.25) is 19.2 Å². The Morgan fingerprint density at radius 1 is 0.345 bits per heavy atom. The first-order valence-electron chi connectivity index (χ1n) is 27.5. The largest absolute Gasteiger partial charge is 0.693 e. The molecule has 10 N–H and O–H groups in total. The van der Waals surface area contributed by atoms with Crippen molar-refractivity contribution >= 4 is 61.5 Å². The topological polar surface area (TPSA) is 410 Å². The van der Waals surface area contributed by atoms with Crippen LogP contribution in [0, 0.1) is 63.1 Å². The Morgan fingerprint density at radius 2 is 0.506 bits per heavy atom. The van der Waals surface area contributed by atoms with E-state index in [2.05, 4.69) is 97.8 Å². The molecule has 0 fully saturated rings. The number of hydrogen-bond acceptors (Lipinski definition) is 12. The molecule has 0 aliphatic rings. The first-order valence-corrected chi connectivity index (χ1v) is 38.7. The number of nitrogens with zero attached hydrogens (tertiary/aromatic N) is 4. The van der Waals surface area contributed by atoms with Crippen molar-refractivity contribution in [2.75, 3.05) is 65.7 Å². The first-order chi connectivity index (χ1) is 39.0. The van der Waals surface area contributed by atoms with Gasteiger partial charge in [0.1, 0.15) is 24.3 Å². The van der Waals surface area contributed by atoms with Gasteiger partial charge in [-0.1, -0.05) is 204 Å². The summed E-state index contributed by atoms with van der Waals surface area (Å²) in [6.45, 7) is 32.4. The predicted molar refractivity (Wildman–Crippen MR) is 366 cm³/mol. The van der Waals surface area contributed by atoms with Gasteiger partial charge in [0.25, 0.3) is 0 Å². The van der Waals surface area contributed by atoms with Gasteiger partial charge >= 0.3 is 137 Å². The summed E-state index contributed by atoms with van der Waals surface area (Å²) < 4.78 is 18.7. The van der Waals surface area contributed by atoms with Gasteiger partial charge in [0.15, 0.2) is 26.4 Å². The van der Waals surface area contributed by atoms with Crippen LogP contribution in [-0.2, 0) is 113 Å². The van der Waals surface area contributed by atoms with Gasteiger partial charge in [0.05, 0.1) is 17.8 Å². The Bertz CT molecular complexity index is 1110. The van der Waals surface area contributed by atoms with E-state index >= 15 is 0 Å². The van der Waals surface area contributed by atoms with Crippen LogP contribution in [-0.4, -0.2) is 89.6 Å². The van der Waals surface area contributed by atoms with Gasteiger partial charge in [-0.25, -0.2) is 0 Å². The molecule has 0 saturated carbocycles. The van der Waals surface area contributed by atoms with Gasteiger partial charge in [-0.05, 0) is 44.9 Å². The molecule has 87 heavy (non-hydrogen) atoms. The summed E-state index contributed by atoms with van der Waals surface area (Å²) in [6, 6.07) is 7.10. The number of hydrogen-bond donors (Lipinski definition) is 0. The first kappa shape index (κ1) is 147. The Morgan fingerprint density at radius 3 is 0.609 bits per heavy atom. The third-order valence-electron chi connectivity index (χ3n) is 7.02. The molecule has 0 rings (SSSR count). The zero-order valence-electron chi connectivity index (χ0n) is 53.2. The van der Waals surface area contributed by atoms with Crippen molar-refractivity contribution in [1.82, 2.24) is 0 Å². The summed E-state index contributed by atoms with van der Waals surface area (Å²) in [6.07, 6.45) is 17.9. The second kappa shape index (κ2) is 185. The molecule has 0 saturated heterocycles. The third-order valence-corrected chi connectivity index (χ3v) is 7.02. The zero-order valence-corrected chi connectivity index (χ0v) is 65.3. The number of rotatable bonds is 25. The van der Waals surface area contributed by atoms with Crippen molar-refractivity contribution in [1.29, 1.82) is 21.0 Å². The van der Waals surface area contributed by atoms with Gasteiger partial charge in [-0.15, -0.1) is 0 Å². The summed E-state index contributed by atoms with van der Waals surface area (Å²) in [4.78, 5) is 44.4. The van der Waals surface area contributed by atoms with Crippen molar-refractivity contribution in [3.63, 3.8) is 0 Å². The molecule has 0 amide bonds. The van der Waals surface area contributed by atoms with Crippen molar-refractivity contribution in [3.05, 3.63) is 46.7 Å². The van der Waals surface area contributed by atoms with Crippen LogP contribution in [0.1, 0.15) is 256 Å². The molecular formula is C59H132Cl4N12O8Pt4-8. The van der Waals surface area contributed by atoms with Crippen LogP contribution in [0.25, 0.3) is 46.7 Å². The predicted octanol–water partition coefficient (Wildman–Crippen LogP) is 23.7. The maximum absolute atomic E-state index is 11.3. The maximum atomic E-state index is 11.3. The molecule has 0 aliphatic heterocycles. The fourth-order valence-electron chi connectivity index (χ4n) is 4.37. The van der Waals surface area contributed by atoms with Crippen LogP contribution >= 0.6 is 37.7 Å². The number of nitrogens with one attached hydrogen (secondary N) is 6. The van der Waals surface area contributed by atoms with Crippen LogP contribution in [0.2, 0.25) is 0 Å². The summed E-state index contributed by atoms with van der Waals surface area (Å²) in [5, 5.41) is 32.6. The quantitative estimate of drug-likeness (QED) is 0.0608. The molecule has 0 aliphatic carbocycles. The number of carbonyl (C=O) groups is 4. The Labute approximate surface area is 600 Å². The summed E-state index contributed by atoms with van der Waals surface area (Å²) in [5.74, 6) is -0.977. The number of nitriles is 4. The van der Waals surface area contributed by atoms with Gasteiger partial charge < -0.3 is 65.7 Å². The summed E-state index contributed by atoms with van der Waals surface area (Å²) >= 11 is 6.44. The Kier molecular flexibility index (Phi) is 313. The van der Waals surface area contributed by atoms with Crippen molar-refractivity contribution < 1.29 is 113 Å². The molecule has 0 radical (unpaired) electrons. The fourth-order valence-corrected chi connectivity index (χ4v) is 4.37. The van der Waals surface area contributed by atoms with Crippen LogP contribution in [0.3, 0.4) is 0 Å². The zero-order chi connectivity index (χ0) is 67.2. The molecule has 0 unspecified atom stereocenters. The van der Waals surface area contributed by atoms with Crippen LogP contribution in [0.4, 0.5) is 0 Å². The summed E-state index contributed by atoms with van der Waals surface area (Å²) in [5.41, 5.74) is 38.0. The molecule has 0 atom stereocenters. The maximum Gasteiger partial charge on any atom is -0.0916 e. The molecule has 0 aromatic heterocycles. The van der Waals surface area contributed by atoms with E-state index in [-0.39, 0.29) is 136 Å². The van der Waals surface area contributed by atoms with E-state index in [0.29, 0.717) is 19.5 Å². The number of esters is 4. The van der Waals surface area contributed by atoms with Crippen molar-refractivity contribution in [2.24, 2.45) is 17.8 Å². The molecular weight excluding hydrogens is 1930 g/mol. The van der Waals surface area contributed by atoms with E-state index in [0.717, 1.165) is 89.9 Å². The van der Waals surface area contributed by atoms with E-state index in [1.807, 2.05) is 48.5 Å². The summed E-state index contributed by atoms with van der Waals surface area (Å²) in [7, 11) is 18.4. The van der Waals surface area contributed by atoms with Crippen LogP contribution in [0.15, 0.2) is 0 Å². The third kappa shape index (κ3) is 216. The number of carbonyl (C=O) groups excluding carboxylic acids is 4. The SMILES string of the molecule is C.C.C.C.CCC.CCC.CCC.CCC.CCCC(=O)OCC#N.CCCC(CCC)C(=O)OCC#N.CCCC(CCC)C(=O)OCC#N.CCCC(CCC)C(=O)OCC#N.[Cl][Pt].[Cl][Pt].[Cl][Pt].[Cl][Pt].[NH-]CCC[NH-].[NH-]CC[NH-].[NH-]CC[NH-].[NH2-].[NH2-]. The minimum atomic E-state index is -0.293. The molecule has 0 bridgehead atoms. The Hall–Kier alpha value is -0.567. The van der Waals surface area contributed by atoms with Crippen molar-refractivity contribution in [2.45, 2.75) is 256 Å². The molecule has 0 spiro atoms. The fraction of sp³-hybridized carbons (Fsp3) is 0.864. The number of halogens is 4. The number of ether oxygens (including phenoxy) is 4. The minimum Gasteiger partial charge on any atom is -0.693 e. The van der Waals surface area contributed by atoms with Gasteiger partial charge in [-0.2, -0.15) is 60.3 Å². The number of nitrogens with two attached hydrogens (primary N) is 2. The second-order valence-corrected chi connectivity index (χ2v) is 15.4. The molecule has 0 heterocycles. The van der Waals surface area contributed by atoms with Gasteiger partial charge in [0.2, 0.25) is 0 Å². The average Bonchev–Trinajstić information content (AvgIpc) is 3.48. The normalized spacial score (nSPS) is 7.49. The van der Waals surface area contributed by atoms with Gasteiger partial charge in [0, 0.05) is 6.42 Å². The standard InChI is InChI=1S/3C10H17NO2.C6H9NO2.C3H8N2.4C3H8.2C2H6N2.4CH4.4ClH.2H2N.4Pt/c3*1-3-5-9(6-4-2)10(12)13-8-7-11;1-2-3-6(8)9-5-4-7;4-2-1-3-5;4*1-3-2;2*3-1-2-4;;;;;;;;;;;;;;/h3*9H,3-6,8H2,1-2H3;2-3,5H2,1H3;4-5H,1-3H2;4*3H2,1-2H3;2*3-4H,1-2H2;4*1H4;4*1H;2*1H2;;;;/q;;;;-2;;;;;2*-2;;;;;;;;;2*-1;4*+1/p-4. The van der Waals surface area contributed by atoms with Crippen molar-refractivity contribution in [3.8, 4) is 24.3 Å². The smallest absolute Gasteiger partial charge is 0.0916 e. The van der Waals surface area contributed by atoms with E-state index in [4.69, 9.17) is 69.7 Å².